The quantitative estimate of drug-likeness (QED) is 0.823. The maximum absolute atomic E-state index is 13.4. The third-order valence-corrected chi connectivity index (χ3v) is 4.69. The summed E-state index contributed by atoms with van der Waals surface area (Å²) in [5.74, 6) is -0.171. The van der Waals surface area contributed by atoms with Gasteiger partial charge in [-0.2, -0.15) is 0 Å². The largest absolute Gasteiger partial charge is 0.308 e. The van der Waals surface area contributed by atoms with Gasteiger partial charge in [0.05, 0.1) is 6.04 Å². The smallest absolute Gasteiger partial charge is 0.123 e. The summed E-state index contributed by atoms with van der Waals surface area (Å²) in [5.41, 5.74) is 1.01. The van der Waals surface area contributed by atoms with Crippen LogP contribution < -0.4 is 5.32 Å². The molecule has 2 atom stereocenters. The van der Waals surface area contributed by atoms with E-state index in [0.29, 0.717) is 6.04 Å². The van der Waals surface area contributed by atoms with Gasteiger partial charge in [-0.05, 0) is 49.7 Å². The predicted octanol–water partition coefficient (Wildman–Crippen LogP) is 4.23. The molecular formula is C17H23FN2S. The zero-order valence-electron chi connectivity index (χ0n) is 12.8. The maximum Gasteiger partial charge on any atom is 0.123 e. The third-order valence-electron chi connectivity index (χ3n) is 3.71. The summed E-state index contributed by atoms with van der Waals surface area (Å²) >= 11 is 1.78. The summed E-state index contributed by atoms with van der Waals surface area (Å²) in [6, 6.07) is 11.6. The minimum absolute atomic E-state index is 0.171. The average Bonchev–Trinajstić information content (AvgIpc) is 2.97. The summed E-state index contributed by atoms with van der Waals surface area (Å²) in [6.45, 7) is 2.97. The molecule has 1 aromatic carbocycles. The van der Waals surface area contributed by atoms with Crippen LogP contribution in [0.15, 0.2) is 41.8 Å². The number of nitrogens with zero attached hydrogens (tertiary/aromatic N) is 1. The molecule has 1 heterocycles. The number of likely N-dealkylation sites (N-methyl/N-ethyl adjacent to an activating group) is 1. The van der Waals surface area contributed by atoms with Crippen molar-refractivity contribution in [2.24, 2.45) is 0 Å². The molecule has 2 rings (SSSR count). The van der Waals surface area contributed by atoms with E-state index in [1.807, 2.05) is 6.07 Å². The lowest BCUT2D eigenvalue weighted by atomic mass is 10.0. The van der Waals surface area contributed by atoms with E-state index in [4.69, 9.17) is 0 Å². The molecule has 1 aromatic heterocycles. The molecule has 2 nitrogen and oxygen atoms in total. The Morgan fingerprint density at radius 3 is 2.62 bits per heavy atom. The highest BCUT2D eigenvalue weighted by molar-refractivity contribution is 7.10. The van der Waals surface area contributed by atoms with Crippen LogP contribution in [-0.4, -0.2) is 25.5 Å². The molecule has 0 bridgehead atoms. The van der Waals surface area contributed by atoms with E-state index < -0.39 is 0 Å². The minimum Gasteiger partial charge on any atom is -0.308 e. The van der Waals surface area contributed by atoms with Crippen molar-refractivity contribution >= 4 is 11.3 Å². The Kier molecular flexibility index (Phi) is 5.91. The zero-order chi connectivity index (χ0) is 15.2. The third kappa shape index (κ3) is 4.37. The van der Waals surface area contributed by atoms with Crippen LogP contribution in [0.25, 0.3) is 0 Å². The van der Waals surface area contributed by atoms with E-state index in [-0.39, 0.29) is 11.9 Å². The monoisotopic (exact) mass is 306 g/mol. The van der Waals surface area contributed by atoms with Gasteiger partial charge in [0.1, 0.15) is 5.82 Å². The summed E-state index contributed by atoms with van der Waals surface area (Å²) < 4.78 is 13.4. The fourth-order valence-electron chi connectivity index (χ4n) is 2.49. The van der Waals surface area contributed by atoms with Gasteiger partial charge in [0, 0.05) is 17.5 Å². The second-order valence-corrected chi connectivity index (χ2v) is 6.40. The molecule has 4 heteroatoms. The van der Waals surface area contributed by atoms with E-state index in [2.05, 4.69) is 48.7 Å². The van der Waals surface area contributed by atoms with E-state index in [1.54, 1.807) is 23.5 Å². The van der Waals surface area contributed by atoms with Gasteiger partial charge in [-0.15, -0.1) is 11.3 Å². The number of hydrogen-bond acceptors (Lipinski definition) is 3. The first-order chi connectivity index (χ1) is 10.1. The van der Waals surface area contributed by atoms with E-state index >= 15 is 0 Å². The Labute approximate surface area is 130 Å². The molecule has 0 saturated heterocycles. The molecule has 2 unspecified atom stereocenters. The molecule has 114 valence electrons. The van der Waals surface area contributed by atoms with Crippen LogP contribution in [0.3, 0.4) is 0 Å². The van der Waals surface area contributed by atoms with Gasteiger partial charge in [-0.25, -0.2) is 4.39 Å². The Morgan fingerprint density at radius 2 is 2.05 bits per heavy atom. The fraction of sp³-hybridized carbons (Fsp3) is 0.412. The van der Waals surface area contributed by atoms with Crippen LogP contribution in [0.5, 0.6) is 0 Å². The second-order valence-electron chi connectivity index (χ2n) is 5.42. The van der Waals surface area contributed by atoms with Crippen molar-refractivity contribution in [3.8, 4) is 0 Å². The number of rotatable bonds is 7. The molecule has 0 fully saturated rings. The molecule has 2 aromatic rings. The van der Waals surface area contributed by atoms with Gasteiger partial charge in [-0.3, -0.25) is 0 Å². The Morgan fingerprint density at radius 1 is 1.24 bits per heavy atom. The fourth-order valence-corrected chi connectivity index (χ4v) is 3.42. The van der Waals surface area contributed by atoms with Gasteiger partial charge in [0.2, 0.25) is 0 Å². The average molecular weight is 306 g/mol. The number of nitrogens with one attached hydrogen (secondary N) is 1. The van der Waals surface area contributed by atoms with Crippen molar-refractivity contribution in [2.45, 2.75) is 25.4 Å². The van der Waals surface area contributed by atoms with Crippen molar-refractivity contribution in [3.63, 3.8) is 0 Å². The van der Waals surface area contributed by atoms with Crippen LogP contribution in [0.4, 0.5) is 4.39 Å². The van der Waals surface area contributed by atoms with Crippen molar-refractivity contribution in [1.29, 1.82) is 0 Å². The number of benzene rings is 1. The van der Waals surface area contributed by atoms with Crippen LogP contribution in [0.1, 0.15) is 35.9 Å². The van der Waals surface area contributed by atoms with Gasteiger partial charge >= 0.3 is 0 Å². The van der Waals surface area contributed by atoms with Crippen molar-refractivity contribution < 1.29 is 4.39 Å². The molecule has 21 heavy (non-hydrogen) atoms. The number of hydrogen-bond donors (Lipinski definition) is 1. The molecule has 0 aliphatic carbocycles. The number of halogens is 1. The minimum atomic E-state index is -0.171. The lowest BCUT2D eigenvalue weighted by Gasteiger charge is -2.26. The molecule has 0 saturated carbocycles. The Hall–Kier alpha value is -1.23. The molecule has 1 N–H and O–H groups in total. The first-order valence-corrected chi connectivity index (χ1v) is 8.18. The van der Waals surface area contributed by atoms with Gasteiger partial charge in [0.25, 0.3) is 0 Å². The molecular weight excluding hydrogens is 283 g/mol. The lowest BCUT2D eigenvalue weighted by molar-refractivity contribution is 0.282. The van der Waals surface area contributed by atoms with Gasteiger partial charge < -0.3 is 10.2 Å². The van der Waals surface area contributed by atoms with E-state index in [1.165, 1.54) is 10.9 Å². The Bertz CT molecular complexity index is 539. The highest BCUT2D eigenvalue weighted by Crippen LogP contribution is 2.24. The van der Waals surface area contributed by atoms with Crippen molar-refractivity contribution in [1.82, 2.24) is 10.2 Å². The van der Waals surface area contributed by atoms with Crippen LogP contribution in [0.2, 0.25) is 0 Å². The van der Waals surface area contributed by atoms with E-state index in [0.717, 1.165) is 18.5 Å². The topological polar surface area (TPSA) is 15.3 Å². The highest BCUT2D eigenvalue weighted by atomic mass is 32.1. The molecule has 0 aliphatic rings. The molecule has 0 aliphatic heterocycles. The maximum atomic E-state index is 13.4. The van der Waals surface area contributed by atoms with Crippen LogP contribution >= 0.6 is 11.3 Å². The molecule has 0 amide bonds. The molecule has 0 radical (unpaired) electrons. The Balaban J connectivity index is 2.05. The summed E-state index contributed by atoms with van der Waals surface area (Å²) in [7, 11) is 4.18. The van der Waals surface area contributed by atoms with Gasteiger partial charge in [-0.1, -0.05) is 25.1 Å². The van der Waals surface area contributed by atoms with Gasteiger partial charge in [0.15, 0.2) is 0 Å². The standard InChI is InChI=1S/C17H23FN2S/c1-4-15(13-7-5-8-14(18)11-13)19-12-16(20(2)3)17-9-6-10-21-17/h5-11,15-16,19H,4,12H2,1-3H3. The second kappa shape index (κ2) is 7.69. The van der Waals surface area contributed by atoms with Crippen molar-refractivity contribution in [3.05, 3.63) is 58.0 Å². The summed E-state index contributed by atoms with van der Waals surface area (Å²) in [4.78, 5) is 3.57. The normalized spacial score (nSPS) is 14.3. The van der Waals surface area contributed by atoms with Crippen LogP contribution in [0, 0.1) is 5.82 Å². The first kappa shape index (κ1) is 16.1. The number of thiophene rings is 1. The summed E-state index contributed by atoms with van der Waals surface area (Å²) in [5, 5.41) is 5.69. The first-order valence-electron chi connectivity index (χ1n) is 7.30. The van der Waals surface area contributed by atoms with Crippen LogP contribution in [-0.2, 0) is 0 Å². The SMILES string of the molecule is CCC(NCC(c1cccs1)N(C)C)c1cccc(F)c1. The van der Waals surface area contributed by atoms with E-state index in [9.17, 15) is 4.39 Å². The summed E-state index contributed by atoms with van der Waals surface area (Å²) in [6.07, 6.45) is 0.939. The van der Waals surface area contributed by atoms with Crippen molar-refractivity contribution in [2.75, 3.05) is 20.6 Å². The molecule has 0 spiro atoms. The highest BCUT2D eigenvalue weighted by Gasteiger charge is 2.17. The lowest BCUT2D eigenvalue weighted by Crippen LogP contribution is -2.32. The predicted molar refractivity (Wildman–Crippen MR) is 88.2 cm³/mol. The zero-order valence-corrected chi connectivity index (χ0v) is 13.7.